The zero-order valence-corrected chi connectivity index (χ0v) is 24.3. The number of ether oxygens (including phenoxy) is 1. The zero-order valence-electron chi connectivity index (χ0n) is 24.3. The molecule has 2 nitrogen and oxygen atoms in total. The van der Waals surface area contributed by atoms with E-state index in [0.717, 1.165) is 19.3 Å². The molecule has 0 atom stereocenters. The van der Waals surface area contributed by atoms with Crippen LogP contribution in [0.3, 0.4) is 0 Å². The topological polar surface area (TPSA) is 26.3 Å². The molecule has 35 heavy (non-hydrogen) atoms. The monoisotopic (exact) mass is 492 g/mol. The summed E-state index contributed by atoms with van der Waals surface area (Å²) < 4.78 is 5.24. The average molecular weight is 493 g/mol. The van der Waals surface area contributed by atoms with Crippen LogP contribution in [0.4, 0.5) is 0 Å². The second-order valence-corrected chi connectivity index (χ2v) is 10.9. The van der Waals surface area contributed by atoms with E-state index in [4.69, 9.17) is 4.74 Å². The van der Waals surface area contributed by atoms with E-state index in [2.05, 4.69) is 13.8 Å². The summed E-state index contributed by atoms with van der Waals surface area (Å²) in [4.78, 5) is 11.8. The third kappa shape index (κ3) is 31.2. The van der Waals surface area contributed by atoms with Gasteiger partial charge in [-0.3, -0.25) is 4.79 Å². The summed E-state index contributed by atoms with van der Waals surface area (Å²) in [6.45, 7) is 4.56. The number of allylic oxidation sites excluding steroid dienone is 1. The zero-order chi connectivity index (χ0) is 25.5. The van der Waals surface area contributed by atoms with Crippen molar-refractivity contribution in [2.45, 2.75) is 194 Å². The van der Waals surface area contributed by atoms with Gasteiger partial charge >= 0.3 is 5.97 Å². The number of carbonyl (C=O) groups is 1. The number of hydrogen-bond acceptors (Lipinski definition) is 2. The van der Waals surface area contributed by atoms with Crippen molar-refractivity contribution in [3.63, 3.8) is 0 Å². The molecule has 0 saturated heterocycles. The van der Waals surface area contributed by atoms with Gasteiger partial charge in [0.25, 0.3) is 0 Å². The SMILES string of the molecule is CCCCCCCCCCCCCCCCC=COC(=O)CCCCCCCCCCCCCC. The van der Waals surface area contributed by atoms with Crippen LogP contribution in [0.2, 0.25) is 0 Å². The molecule has 0 aromatic rings. The fourth-order valence-corrected chi connectivity index (χ4v) is 4.82. The lowest BCUT2D eigenvalue weighted by molar-refractivity contribution is -0.138. The maximum Gasteiger partial charge on any atom is 0.310 e. The Hall–Kier alpha value is -0.790. The lowest BCUT2D eigenvalue weighted by Gasteiger charge is -2.03. The minimum absolute atomic E-state index is 0.0608. The van der Waals surface area contributed by atoms with Crippen molar-refractivity contribution in [2.24, 2.45) is 0 Å². The number of rotatable bonds is 29. The Morgan fingerprint density at radius 3 is 1.14 bits per heavy atom. The molecule has 2 heteroatoms. The fraction of sp³-hybridized carbons (Fsp3) is 0.909. The van der Waals surface area contributed by atoms with Gasteiger partial charge < -0.3 is 4.74 Å². The molecule has 0 saturated carbocycles. The van der Waals surface area contributed by atoms with E-state index < -0.39 is 0 Å². The number of carbonyl (C=O) groups excluding carboxylic acids is 1. The van der Waals surface area contributed by atoms with E-state index in [1.54, 1.807) is 6.26 Å². The molecule has 208 valence electrons. The summed E-state index contributed by atoms with van der Waals surface area (Å²) in [7, 11) is 0. The Morgan fingerprint density at radius 1 is 0.457 bits per heavy atom. The van der Waals surface area contributed by atoms with Crippen LogP contribution in [0.1, 0.15) is 194 Å². The largest absolute Gasteiger partial charge is 0.435 e. The van der Waals surface area contributed by atoms with E-state index >= 15 is 0 Å². The Bertz CT molecular complexity index is 429. The predicted molar refractivity (Wildman–Crippen MR) is 156 cm³/mol. The average Bonchev–Trinajstić information content (AvgIpc) is 2.86. The Kier molecular flexibility index (Phi) is 30.5. The summed E-state index contributed by atoms with van der Waals surface area (Å²) >= 11 is 0. The lowest BCUT2D eigenvalue weighted by atomic mass is 10.0. The van der Waals surface area contributed by atoms with Gasteiger partial charge in [-0.05, 0) is 25.3 Å². The minimum Gasteiger partial charge on any atom is -0.435 e. The van der Waals surface area contributed by atoms with Gasteiger partial charge in [0.05, 0.1) is 6.26 Å². The lowest BCUT2D eigenvalue weighted by Crippen LogP contribution is -1.98. The van der Waals surface area contributed by atoms with Crippen LogP contribution < -0.4 is 0 Å². The molecule has 0 aliphatic carbocycles. The third-order valence-corrected chi connectivity index (χ3v) is 7.25. The first kappa shape index (κ1) is 34.2. The van der Waals surface area contributed by atoms with Crippen molar-refractivity contribution in [1.29, 1.82) is 0 Å². The van der Waals surface area contributed by atoms with Crippen molar-refractivity contribution in [3.05, 3.63) is 12.3 Å². The molecular weight excluding hydrogens is 428 g/mol. The molecule has 0 radical (unpaired) electrons. The van der Waals surface area contributed by atoms with E-state index in [9.17, 15) is 4.79 Å². The molecular formula is C33H64O2. The van der Waals surface area contributed by atoms with Crippen molar-refractivity contribution in [3.8, 4) is 0 Å². The summed E-state index contributed by atoms with van der Waals surface area (Å²) in [5, 5.41) is 0. The third-order valence-electron chi connectivity index (χ3n) is 7.25. The molecule has 0 aliphatic heterocycles. The van der Waals surface area contributed by atoms with E-state index in [0.29, 0.717) is 6.42 Å². The van der Waals surface area contributed by atoms with E-state index in [1.165, 1.54) is 154 Å². The number of esters is 1. The Balaban J connectivity index is 3.21. The van der Waals surface area contributed by atoms with Crippen LogP contribution >= 0.6 is 0 Å². The highest BCUT2D eigenvalue weighted by molar-refractivity contribution is 5.69. The standard InChI is InChI=1S/C33H64O2/c1-3-5-7-9-11-13-15-17-18-19-20-22-24-26-28-30-32-35-33(34)31-29-27-25-23-21-16-14-12-10-8-6-4-2/h30,32H,3-29,31H2,1-2H3. The van der Waals surface area contributed by atoms with Gasteiger partial charge in [0.1, 0.15) is 0 Å². The van der Waals surface area contributed by atoms with Crippen molar-refractivity contribution in [2.75, 3.05) is 0 Å². The first-order valence-electron chi connectivity index (χ1n) is 16.2. The van der Waals surface area contributed by atoms with Gasteiger partial charge in [-0.15, -0.1) is 0 Å². The maximum absolute atomic E-state index is 11.8. The second-order valence-electron chi connectivity index (χ2n) is 10.9. The van der Waals surface area contributed by atoms with Crippen molar-refractivity contribution < 1.29 is 9.53 Å². The molecule has 0 bridgehead atoms. The smallest absolute Gasteiger partial charge is 0.310 e. The highest BCUT2D eigenvalue weighted by Gasteiger charge is 2.01. The number of hydrogen-bond donors (Lipinski definition) is 0. The van der Waals surface area contributed by atoms with E-state index in [-0.39, 0.29) is 5.97 Å². The molecule has 0 spiro atoms. The summed E-state index contributed by atoms with van der Waals surface area (Å²) in [6, 6.07) is 0. The van der Waals surface area contributed by atoms with Crippen LogP contribution in [0.5, 0.6) is 0 Å². The minimum atomic E-state index is -0.0608. The Morgan fingerprint density at radius 2 is 0.771 bits per heavy atom. The summed E-state index contributed by atoms with van der Waals surface area (Å²) in [6.07, 6.45) is 40.6. The first-order chi connectivity index (χ1) is 17.3. The van der Waals surface area contributed by atoms with Crippen LogP contribution in [0, 0.1) is 0 Å². The molecule has 0 unspecified atom stereocenters. The number of unbranched alkanes of at least 4 members (excludes halogenated alkanes) is 25. The first-order valence-corrected chi connectivity index (χ1v) is 16.2. The highest BCUT2D eigenvalue weighted by atomic mass is 16.5. The summed E-state index contributed by atoms with van der Waals surface area (Å²) in [5.74, 6) is -0.0608. The molecule has 0 aromatic heterocycles. The molecule has 0 fully saturated rings. The Labute approximate surface area is 221 Å². The van der Waals surface area contributed by atoms with Gasteiger partial charge in [0.15, 0.2) is 0 Å². The summed E-state index contributed by atoms with van der Waals surface area (Å²) in [5.41, 5.74) is 0. The van der Waals surface area contributed by atoms with Gasteiger partial charge in [-0.2, -0.15) is 0 Å². The normalized spacial score (nSPS) is 11.5. The van der Waals surface area contributed by atoms with Crippen molar-refractivity contribution >= 4 is 5.97 Å². The van der Waals surface area contributed by atoms with Crippen molar-refractivity contribution in [1.82, 2.24) is 0 Å². The molecule has 0 amide bonds. The molecule has 0 heterocycles. The molecule has 0 rings (SSSR count). The van der Waals surface area contributed by atoms with Crippen LogP contribution in [0.15, 0.2) is 12.3 Å². The van der Waals surface area contributed by atoms with Crippen LogP contribution in [-0.2, 0) is 9.53 Å². The molecule has 0 aliphatic rings. The maximum atomic E-state index is 11.8. The molecule has 0 aromatic carbocycles. The fourth-order valence-electron chi connectivity index (χ4n) is 4.82. The van der Waals surface area contributed by atoms with Gasteiger partial charge in [-0.25, -0.2) is 0 Å². The van der Waals surface area contributed by atoms with Crippen LogP contribution in [0.25, 0.3) is 0 Å². The van der Waals surface area contributed by atoms with Gasteiger partial charge in [0, 0.05) is 6.42 Å². The van der Waals surface area contributed by atoms with E-state index in [1.807, 2.05) is 6.08 Å². The second kappa shape index (κ2) is 31.2. The quantitative estimate of drug-likeness (QED) is 0.0589. The van der Waals surface area contributed by atoms with Gasteiger partial charge in [0.2, 0.25) is 0 Å². The molecule has 0 N–H and O–H groups in total. The highest BCUT2D eigenvalue weighted by Crippen LogP contribution is 2.14. The predicted octanol–water partition coefficient (Wildman–Crippen LogP) is 12.0. The van der Waals surface area contributed by atoms with Gasteiger partial charge in [-0.1, -0.05) is 168 Å². The van der Waals surface area contributed by atoms with Crippen LogP contribution in [-0.4, -0.2) is 5.97 Å².